The van der Waals surface area contributed by atoms with Gasteiger partial charge in [-0.25, -0.2) is 4.98 Å². The van der Waals surface area contributed by atoms with Gasteiger partial charge >= 0.3 is 6.18 Å². The van der Waals surface area contributed by atoms with Gasteiger partial charge in [-0.2, -0.15) is 13.2 Å². The maximum atomic E-state index is 12.8. The lowest BCUT2D eigenvalue weighted by Gasteiger charge is -2.43. The maximum Gasteiger partial charge on any atom is 0.416 e. The molecule has 202 valence electrons. The minimum atomic E-state index is -4.38. The first-order valence-corrected chi connectivity index (χ1v) is 13.2. The van der Waals surface area contributed by atoms with Crippen molar-refractivity contribution in [3.05, 3.63) is 64.8 Å². The zero-order valence-corrected chi connectivity index (χ0v) is 22.1. The predicted molar refractivity (Wildman–Crippen MR) is 139 cm³/mol. The largest absolute Gasteiger partial charge is 0.472 e. The molecule has 38 heavy (non-hydrogen) atoms. The number of aliphatic hydroxyl groups is 1. The molecule has 0 radical (unpaired) electrons. The van der Waals surface area contributed by atoms with Crippen LogP contribution in [0.4, 0.5) is 13.2 Å². The number of alkyl halides is 3. The first-order chi connectivity index (χ1) is 18.1. The van der Waals surface area contributed by atoms with Crippen LogP contribution in [0.15, 0.2) is 53.1 Å². The van der Waals surface area contributed by atoms with Crippen LogP contribution in [0.1, 0.15) is 30.1 Å². The number of ether oxygens (including phenoxy) is 1. The molecule has 11 heteroatoms. The molecule has 1 aliphatic rings. The predicted octanol–water partition coefficient (Wildman–Crippen LogP) is 5.57. The Morgan fingerprint density at radius 2 is 1.92 bits per heavy atom. The van der Waals surface area contributed by atoms with E-state index in [4.69, 9.17) is 9.26 Å². The smallest absolute Gasteiger partial charge is 0.416 e. The molecule has 0 aliphatic carbocycles. The number of fused-ring (bicyclic) bond motifs is 1. The third-order valence-corrected chi connectivity index (χ3v) is 7.66. The first kappa shape index (κ1) is 26.6. The van der Waals surface area contributed by atoms with E-state index in [2.05, 4.69) is 26.9 Å². The summed E-state index contributed by atoms with van der Waals surface area (Å²) in [5.74, 6) is 1.09. The van der Waals surface area contributed by atoms with Crippen molar-refractivity contribution in [2.24, 2.45) is 0 Å². The number of hydrogen-bond donors (Lipinski definition) is 1. The van der Waals surface area contributed by atoms with Gasteiger partial charge in [0, 0.05) is 49.9 Å². The van der Waals surface area contributed by atoms with Crippen molar-refractivity contribution in [1.29, 1.82) is 0 Å². The molecule has 1 aliphatic heterocycles. The summed E-state index contributed by atoms with van der Waals surface area (Å²) in [6.45, 7) is 8.43. The highest BCUT2D eigenvalue weighted by molar-refractivity contribution is 7.18. The summed E-state index contributed by atoms with van der Waals surface area (Å²) >= 11 is 1.63. The monoisotopic (exact) mass is 546 g/mol. The molecule has 4 aromatic rings. The number of piperazine rings is 1. The second-order valence-electron chi connectivity index (χ2n) is 9.68. The minimum Gasteiger partial charge on any atom is -0.472 e. The van der Waals surface area contributed by atoms with Gasteiger partial charge in [0.1, 0.15) is 11.9 Å². The number of benzene rings is 2. The Balaban J connectivity index is 1.21. The van der Waals surface area contributed by atoms with Crippen molar-refractivity contribution in [2.45, 2.75) is 51.9 Å². The molecular formula is C27H29F3N4O3S. The van der Waals surface area contributed by atoms with Crippen molar-refractivity contribution in [2.75, 3.05) is 19.6 Å². The van der Waals surface area contributed by atoms with Crippen molar-refractivity contribution >= 4 is 21.6 Å². The minimum absolute atomic E-state index is 0.142. The van der Waals surface area contributed by atoms with Crippen molar-refractivity contribution in [1.82, 2.24) is 19.9 Å². The van der Waals surface area contributed by atoms with E-state index in [9.17, 15) is 18.3 Å². The Labute approximate surface area is 222 Å². The third kappa shape index (κ3) is 5.85. The van der Waals surface area contributed by atoms with Crippen LogP contribution < -0.4 is 4.74 Å². The number of aliphatic hydroxyl groups excluding tert-OH is 1. The second kappa shape index (κ2) is 10.6. The molecule has 3 atom stereocenters. The van der Waals surface area contributed by atoms with Crippen molar-refractivity contribution < 1.29 is 27.5 Å². The van der Waals surface area contributed by atoms with Crippen LogP contribution in [0.2, 0.25) is 0 Å². The topological polar surface area (TPSA) is 74.9 Å². The van der Waals surface area contributed by atoms with Crippen LogP contribution in [-0.2, 0) is 12.7 Å². The average molecular weight is 547 g/mol. The Hall–Kier alpha value is -2.99. The van der Waals surface area contributed by atoms with Crippen molar-refractivity contribution in [3.8, 4) is 17.1 Å². The summed E-state index contributed by atoms with van der Waals surface area (Å²) in [6.07, 6.45) is -5.59. The number of thiazole rings is 1. The fourth-order valence-electron chi connectivity index (χ4n) is 4.76. The van der Waals surface area contributed by atoms with Crippen LogP contribution >= 0.6 is 11.3 Å². The average Bonchev–Trinajstić information content (AvgIpc) is 3.48. The molecule has 1 saturated heterocycles. The SMILES string of the molecule is Cc1nc2cc(OC([C@@H](C)O)N3CCN(Cc4cc(-c5ccc(C(F)(F)F)cc5)on4)[C@@H](C)C3)ccc2s1. The molecule has 0 saturated carbocycles. The molecule has 1 N–H and O–H groups in total. The van der Waals surface area contributed by atoms with E-state index in [1.54, 1.807) is 24.3 Å². The number of rotatable bonds is 7. The van der Waals surface area contributed by atoms with Crippen LogP contribution in [0, 0.1) is 6.92 Å². The zero-order valence-electron chi connectivity index (χ0n) is 21.3. The van der Waals surface area contributed by atoms with Crippen LogP contribution in [-0.4, -0.2) is 63.1 Å². The third-order valence-electron chi connectivity index (χ3n) is 6.71. The van der Waals surface area contributed by atoms with Gasteiger partial charge in [-0.05, 0) is 45.0 Å². The number of hydrogen-bond acceptors (Lipinski definition) is 8. The Morgan fingerprint density at radius 1 is 1.16 bits per heavy atom. The van der Waals surface area contributed by atoms with Crippen LogP contribution in [0.3, 0.4) is 0 Å². The van der Waals surface area contributed by atoms with Gasteiger partial charge in [0.05, 0.1) is 26.5 Å². The number of halogens is 3. The molecule has 5 rings (SSSR count). The summed E-state index contributed by atoms with van der Waals surface area (Å²) in [4.78, 5) is 8.93. The van der Waals surface area contributed by atoms with Gasteiger partial charge in [0.2, 0.25) is 0 Å². The fourth-order valence-corrected chi connectivity index (χ4v) is 5.56. The van der Waals surface area contributed by atoms with Gasteiger partial charge in [-0.1, -0.05) is 17.3 Å². The van der Waals surface area contributed by atoms with E-state index in [1.807, 2.05) is 25.1 Å². The summed E-state index contributed by atoms with van der Waals surface area (Å²) in [6, 6.07) is 12.6. The highest BCUT2D eigenvalue weighted by Gasteiger charge is 2.33. The Bertz CT molecular complexity index is 1390. The van der Waals surface area contributed by atoms with Gasteiger partial charge in [-0.3, -0.25) is 9.80 Å². The van der Waals surface area contributed by atoms with E-state index in [-0.39, 0.29) is 6.04 Å². The molecular weight excluding hydrogens is 517 g/mol. The highest BCUT2D eigenvalue weighted by atomic mass is 32.1. The standard InChI is InChI=1S/C27H29F3N4O3S/c1-16-14-34(26(17(2)35)36-22-8-9-25-23(13-22)31-18(3)38-25)11-10-33(16)15-21-12-24(37-32-21)19-4-6-20(7-5-19)27(28,29)30/h4-9,12-13,16-17,26,35H,10-11,14-15H2,1-3H3/t16-,17+,26?/m0/s1. The van der Waals surface area contributed by atoms with E-state index in [1.165, 1.54) is 12.1 Å². The first-order valence-electron chi connectivity index (χ1n) is 12.4. The number of aromatic nitrogens is 2. The molecule has 0 spiro atoms. The lowest BCUT2D eigenvalue weighted by atomic mass is 10.1. The molecule has 3 heterocycles. The van der Waals surface area contributed by atoms with Crippen molar-refractivity contribution in [3.63, 3.8) is 0 Å². The molecule has 7 nitrogen and oxygen atoms in total. The Kier molecular flexibility index (Phi) is 7.45. The fraction of sp³-hybridized carbons (Fsp3) is 0.407. The zero-order chi connectivity index (χ0) is 27.0. The van der Waals surface area contributed by atoms with E-state index in [0.29, 0.717) is 42.4 Å². The maximum absolute atomic E-state index is 12.8. The van der Waals surface area contributed by atoms with Gasteiger partial charge in [0.25, 0.3) is 0 Å². The normalized spacial score (nSPS) is 19.1. The quantitative estimate of drug-likeness (QED) is 0.325. The van der Waals surface area contributed by atoms with E-state index in [0.717, 1.165) is 33.9 Å². The lowest BCUT2D eigenvalue weighted by molar-refractivity contribution is -0.137. The molecule has 1 fully saturated rings. The molecule has 0 amide bonds. The van der Waals surface area contributed by atoms with Gasteiger partial charge in [0.15, 0.2) is 12.0 Å². The van der Waals surface area contributed by atoms with Gasteiger partial charge < -0.3 is 14.4 Å². The van der Waals surface area contributed by atoms with Crippen LogP contribution in [0.5, 0.6) is 5.75 Å². The summed E-state index contributed by atoms with van der Waals surface area (Å²) in [5.41, 5.74) is 1.43. The highest BCUT2D eigenvalue weighted by Crippen LogP contribution is 2.32. The number of nitrogens with zero attached hydrogens (tertiary/aromatic N) is 4. The molecule has 2 aromatic heterocycles. The summed E-state index contributed by atoms with van der Waals surface area (Å²) < 4.78 is 51.3. The second-order valence-corrected chi connectivity index (χ2v) is 10.9. The van der Waals surface area contributed by atoms with E-state index >= 15 is 0 Å². The summed E-state index contributed by atoms with van der Waals surface area (Å²) in [7, 11) is 0. The van der Waals surface area contributed by atoms with E-state index < -0.39 is 24.1 Å². The summed E-state index contributed by atoms with van der Waals surface area (Å²) in [5, 5.41) is 15.7. The van der Waals surface area contributed by atoms with Crippen LogP contribution in [0.25, 0.3) is 21.5 Å². The molecule has 2 aromatic carbocycles. The number of aryl methyl sites for hydroxylation is 1. The molecule has 0 bridgehead atoms. The molecule has 1 unspecified atom stereocenters. The Morgan fingerprint density at radius 3 is 2.61 bits per heavy atom. The lowest BCUT2D eigenvalue weighted by Crippen LogP contribution is -2.58. The van der Waals surface area contributed by atoms with Gasteiger partial charge in [-0.15, -0.1) is 11.3 Å².